The van der Waals surface area contributed by atoms with Crippen LogP contribution in [0.4, 0.5) is 5.69 Å². The molecule has 2 heterocycles. The van der Waals surface area contributed by atoms with Crippen molar-refractivity contribution in [1.29, 1.82) is 0 Å². The summed E-state index contributed by atoms with van der Waals surface area (Å²) in [5, 5.41) is 14.3. The molecule has 24 heavy (non-hydrogen) atoms. The maximum Gasteiger partial charge on any atom is 0.234 e. The summed E-state index contributed by atoms with van der Waals surface area (Å²) in [6.07, 6.45) is 2.63. The largest absolute Gasteiger partial charge is 0.325 e. The molecule has 0 fully saturated rings. The van der Waals surface area contributed by atoms with Crippen LogP contribution >= 0.6 is 34.7 Å². The molecule has 1 aromatic carbocycles. The zero-order chi connectivity index (χ0) is 16.8. The number of hydrogen-bond donors (Lipinski definition) is 1. The minimum Gasteiger partial charge on any atom is -0.325 e. The van der Waals surface area contributed by atoms with E-state index in [1.807, 2.05) is 10.6 Å². The van der Waals surface area contributed by atoms with Crippen molar-refractivity contribution in [2.24, 2.45) is 0 Å². The van der Waals surface area contributed by atoms with Crippen LogP contribution in [0.25, 0.3) is 0 Å². The van der Waals surface area contributed by atoms with Gasteiger partial charge in [-0.1, -0.05) is 35.5 Å². The molecular formula is C16H15ClN4OS2. The van der Waals surface area contributed by atoms with Crippen molar-refractivity contribution in [1.82, 2.24) is 14.8 Å². The minimum atomic E-state index is -0.102. The number of anilines is 1. The summed E-state index contributed by atoms with van der Waals surface area (Å²) in [6, 6.07) is 11.2. The Morgan fingerprint density at radius 3 is 3.04 bits per heavy atom. The number of thiophene rings is 1. The topological polar surface area (TPSA) is 59.8 Å². The Morgan fingerprint density at radius 2 is 2.25 bits per heavy atom. The van der Waals surface area contributed by atoms with Gasteiger partial charge in [-0.2, -0.15) is 0 Å². The summed E-state index contributed by atoms with van der Waals surface area (Å²) in [7, 11) is 0. The van der Waals surface area contributed by atoms with Crippen molar-refractivity contribution in [3.63, 3.8) is 0 Å². The lowest BCUT2D eigenvalue weighted by Crippen LogP contribution is -2.14. The molecule has 1 N–H and O–H groups in total. The number of nitrogens with zero attached hydrogens (tertiary/aromatic N) is 3. The molecule has 2 aromatic heterocycles. The highest BCUT2D eigenvalue weighted by atomic mass is 35.5. The molecule has 0 aliphatic carbocycles. The third-order valence-corrected chi connectivity index (χ3v) is 5.35. The summed E-state index contributed by atoms with van der Waals surface area (Å²) in [5.74, 6) is 0.166. The third-order valence-electron chi connectivity index (χ3n) is 3.20. The zero-order valence-electron chi connectivity index (χ0n) is 12.7. The van der Waals surface area contributed by atoms with Crippen LogP contribution in [0.1, 0.15) is 4.88 Å². The maximum atomic E-state index is 12.0. The summed E-state index contributed by atoms with van der Waals surface area (Å²) >= 11 is 9.01. The fourth-order valence-corrected chi connectivity index (χ4v) is 3.72. The van der Waals surface area contributed by atoms with Crippen LogP contribution in [-0.2, 0) is 17.8 Å². The molecule has 0 atom stereocenters. The van der Waals surface area contributed by atoms with Gasteiger partial charge in [-0.15, -0.1) is 21.5 Å². The highest BCUT2D eigenvalue weighted by Gasteiger charge is 2.09. The number of thioether (sulfide) groups is 1. The molecule has 0 spiro atoms. The van der Waals surface area contributed by atoms with E-state index in [9.17, 15) is 4.79 Å². The van der Waals surface area contributed by atoms with Crippen LogP contribution in [0, 0.1) is 0 Å². The predicted molar refractivity (Wildman–Crippen MR) is 98.9 cm³/mol. The highest BCUT2D eigenvalue weighted by molar-refractivity contribution is 7.99. The van der Waals surface area contributed by atoms with Crippen LogP contribution in [0.3, 0.4) is 0 Å². The number of amides is 1. The van der Waals surface area contributed by atoms with Crippen molar-refractivity contribution < 1.29 is 4.79 Å². The fraction of sp³-hybridized carbons (Fsp3) is 0.188. The first-order chi connectivity index (χ1) is 11.7. The number of benzene rings is 1. The van der Waals surface area contributed by atoms with Gasteiger partial charge in [0.15, 0.2) is 5.16 Å². The van der Waals surface area contributed by atoms with Gasteiger partial charge in [0.1, 0.15) is 6.33 Å². The van der Waals surface area contributed by atoms with E-state index >= 15 is 0 Å². The van der Waals surface area contributed by atoms with E-state index in [-0.39, 0.29) is 11.7 Å². The number of hydrogen-bond acceptors (Lipinski definition) is 5. The lowest BCUT2D eigenvalue weighted by atomic mass is 10.3. The molecule has 0 aliphatic heterocycles. The summed E-state index contributed by atoms with van der Waals surface area (Å²) in [5.41, 5.74) is 0.687. The predicted octanol–water partition coefficient (Wildman–Crippen LogP) is 3.97. The second-order valence-electron chi connectivity index (χ2n) is 4.98. The number of halogens is 1. The van der Waals surface area contributed by atoms with Crippen molar-refractivity contribution >= 4 is 46.3 Å². The Kier molecular flexibility index (Phi) is 5.90. The van der Waals surface area contributed by atoms with E-state index in [0.717, 1.165) is 18.1 Å². The third kappa shape index (κ3) is 4.83. The molecule has 5 nitrogen and oxygen atoms in total. The van der Waals surface area contributed by atoms with Crippen LogP contribution in [0.15, 0.2) is 53.3 Å². The normalized spacial score (nSPS) is 10.7. The van der Waals surface area contributed by atoms with Crippen LogP contribution in [-0.4, -0.2) is 26.4 Å². The Balaban J connectivity index is 1.51. The molecule has 0 saturated carbocycles. The number of nitrogens with one attached hydrogen (secondary N) is 1. The highest BCUT2D eigenvalue weighted by Crippen LogP contribution is 2.18. The molecule has 1 amide bonds. The average Bonchev–Trinajstić information content (AvgIpc) is 3.22. The van der Waals surface area contributed by atoms with Gasteiger partial charge in [0.25, 0.3) is 0 Å². The molecule has 0 saturated heterocycles. The smallest absolute Gasteiger partial charge is 0.234 e. The molecule has 124 valence electrons. The average molecular weight is 379 g/mol. The van der Waals surface area contributed by atoms with E-state index in [4.69, 9.17) is 11.6 Å². The van der Waals surface area contributed by atoms with Gasteiger partial charge in [-0.05, 0) is 36.1 Å². The van der Waals surface area contributed by atoms with Gasteiger partial charge >= 0.3 is 0 Å². The number of rotatable bonds is 7. The molecule has 0 unspecified atom stereocenters. The van der Waals surface area contributed by atoms with Crippen molar-refractivity contribution in [2.45, 2.75) is 18.1 Å². The maximum absolute atomic E-state index is 12.0. The summed E-state index contributed by atoms with van der Waals surface area (Å²) in [6.45, 7) is 0.797. The van der Waals surface area contributed by atoms with E-state index in [1.54, 1.807) is 41.9 Å². The first kappa shape index (κ1) is 17.0. The second-order valence-corrected chi connectivity index (χ2v) is 7.39. The van der Waals surface area contributed by atoms with Crippen LogP contribution in [0.5, 0.6) is 0 Å². The number of aromatic nitrogens is 3. The van der Waals surface area contributed by atoms with Gasteiger partial charge in [-0.3, -0.25) is 4.79 Å². The number of carbonyl (C=O) groups excluding carboxylic acids is 1. The first-order valence-electron chi connectivity index (χ1n) is 7.29. The first-order valence-corrected chi connectivity index (χ1v) is 9.53. The summed E-state index contributed by atoms with van der Waals surface area (Å²) < 4.78 is 1.97. The van der Waals surface area contributed by atoms with E-state index in [2.05, 4.69) is 27.0 Å². The SMILES string of the molecule is O=C(CSc1nncn1CCc1cccs1)Nc1cccc(Cl)c1. The molecule has 0 aliphatic rings. The van der Waals surface area contributed by atoms with Gasteiger partial charge in [-0.25, -0.2) is 0 Å². The van der Waals surface area contributed by atoms with E-state index < -0.39 is 0 Å². The van der Waals surface area contributed by atoms with Gasteiger partial charge in [0.2, 0.25) is 5.91 Å². The molecule has 8 heteroatoms. The molecule has 3 rings (SSSR count). The van der Waals surface area contributed by atoms with Gasteiger partial charge in [0.05, 0.1) is 5.75 Å². The van der Waals surface area contributed by atoms with E-state index in [0.29, 0.717) is 10.7 Å². The quantitative estimate of drug-likeness (QED) is 0.632. The Hall–Kier alpha value is -1.83. The lowest BCUT2D eigenvalue weighted by Gasteiger charge is -2.07. The van der Waals surface area contributed by atoms with Gasteiger partial charge < -0.3 is 9.88 Å². The second kappa shape index (κ2) is 8.32. The molecule has 3 aromatic rings. The number of carbonyl (C=O) groups is 1. The minimum absolute atomic E-state index is 0.102. The Labute approximate surface area is 153 Å². The standard InChI is InChI=1S/C16H15ClN4OS2/c17-12-3-1-4-13(9-12)19-15(22)10-24-16-20-18-11-21(16)7-6-14-5-2-8-23-14/h1-5,8-9,11H,6-7,10H2,(H,19,22). The Bertz CT molecular complexity index is 804. The molecular weight excluding hydrogens is 364 g/mol. The fourth-order valence-electron chi connectivity index (χ4n) is 2.09. The lowest BCUT2D eigenvalue weighted by molar-refractivity contribution is -0.113. The number of aryl methyl sites for hydroxylation is 2. The van der Waals surface area contributed by atoms with Crippen LogP contribution < -0.4 is 5.32 Å². The monoisotopic (exact) mass is 378 g/mol. The van der Waals surface area contributed by atoms with E-state index in [1.165, 1.54) is 16.6 Å². The van der Waals surface area contributed by atoms with Crippen molar-refractivity contribution in [2.75, 3.05) is 11.1 Å². The molecule has 0 radical (unpaired) electrons. The Morgan fingerprint density at radius 1 is 1.33 bits per heavy atom. The van der Waals surface area contributed by atoms with Crippen LogP contribution in [0.2, 0.25) is 5.02 Å². The zero-order valence-corrected chi connectivity index (χ0v) is 15.1. The van der Waals surface area contributed by atoms with Crippen molar-refractivity contribution in [3.05, 3.63) is 58.0 Å². The van der Waals surface area contributed by atoms with Gasteiger partial charge in [0, 0.05) is 22.1 Å². The van der Waals surface area contributed by atoms with Crippen molar-refractivity contribution in [3.8, 4) is 0 Å². The summed E-state index contributed by atoms with van der Waals surface area (Å²) in [4.78, 5) is 13.4. The molecule has 0 bridgehead atoms.